The van der Waals surface area contributed by atoms with E-state index in [4.69, 9.17) is 0 Å². The lowest BCUT2D eigenvalue weighted by Gasteiger charge is -2.07. The Labute approximate surface area is 181 Å². The van der Waals surface area contributed by atoms with Gasteiger partial charge in [-0.15, -0.1) is 11.8 Å². The van der Waals surface area contributed by atoms with E-state index in [2.05, 4.69) is 10.3 Å². The number of carbonyl (C=O) groups is 1. The van der Waals surface area contributed by atoms with Crippen LogP contribution in [0, 0.1) is 15.9 Å². The molecule has 0 unspecified atom stereocenters. The number of nitrogens with one attached hydrogen (secondary N) is 2. The summed E-state index contributed by atoms with van der Waals surface area (Å²) in [5.74, 6) is -0.222. The maximum Gasteiger partial charge on any atom is 0.282 e. The Bertz CT molecular complexity index is 1250. The fraction of sp³-hybridized carbons (Fsp3) is 0.0870. The molecule has 31 heavy (non-hydrogen) atoms. The second kappa shape index (κ2) is 9.01. The fourth-order valence-corrected chi connectivity index (χ4v) is 4.38. The largest absolute Gasteiger partial charge is 0.354 e. The molecule has 1 aromatic heterocycles. The number of H-pyrrole nitrogens is 1. The number of para-hydroxylation sites is 2. The molecular weight excluding hydrogens is 417 g/mol. The lowest BCUT2D eigenvalue weighted by molar-refractivity contribution is -0.385. The minimum atomic E-state index is -0.565. The van der Waals surface area contributed by atoms with Gasteiger partial charge in [0, 0.05) is 34.2 Å². The number of nitro groups is 1. The minimum Gasteiger partial charge on any atom is -0.354 e. The molecule has 1 amide bonds. The molecule has 0 saturated heterocycles. The van der Waals surface area contributed by atoms with Crippen LogP contribution in [0.5, 0.6) is 0 Å². The van der Waals surface area contributed by atoms with Crippen molar-refractivity contribution in [1.82, 2.24) is 10.3 Å². The van der Waals surface area contributed by atoms with Crippen molar-refractivity contribution in [2.24, 2.45) is 0 Å². The number of thioether (sulfide) groups is 1. The van der Waals surface area contributed by atoms with Crippen LogP contribution in [-0.2, 0) is 0 Å². The quantitative estimate of drug-likeness (QED) is 0.176. The number of aromatic nitrogens is 1. The third kappa shape index (κ3) is 4.44. The molecule has 156 valence electrons. The summed E-state index contributed by atoms with van der Waals surface area (Å²) in [5.41, 5.74) is 2.54. The molecule has 0 fully saturated rings. The fourth-order valence-electron chi connectivity index (χ4n) is 3.32. The first-order chi connectivity index (χ1) is 15.0. The number of aromatic amines is 1. The van der Waals surface area contributed by atoms with Gasteiger partial charge < -0.3 is 10.3 Å². The van der Waals surface area contributed by atoms with Crippen LogP contribution in [0.3, 0.4) is 0 Å². The lowest BCUT2D eigenvalue weighted by Crippen LogP contribution is -2.26. The van der Waals surface area contributed by atoms with Gasteiger partial charge in [0.25, 0.3) is 11.6 Å². The van der Waals surface area contributed by atoms with Gasteiger partial charge in [0.15, 0.2) is 0 Å². The molecule has 0 bridgehead atoms. The van der Waals surface area contributed by atoms with Crippen molar-refractivity contribution in [2.45, 2.75) is 4.90 Å². The highest BCUT2D eigenvalue weighted by molar-refractivity contribution is 7.99. The Morgan fingerprint density at radius 3 is 2.52 bits per heavy atom. The van der Waals surface area contributed by atoms with Crippen LogP contribution >= 0.6 is 11.8 Å². The van der Waals surface area contributed by atoms with Gasteiger partial charge in [-0.1, -0.05) is 30.3 Å². The molecule has 0 saturated carbocycles. The first-order valence-corrected chi connectivity index (χ1v) is 10.5. The van der Waals surface area contributed by atoms with Gasteiger partial charge in [-0.2, -0.15) is 0 Å². The zero-order valence-electron chi connectivity index (χ0n) is 16.3. The second-order valence-corrected chi connectivity index (χ2v) is 7.87. The normalized spacial score (nSPS) is 10.9. The molecule has 3 aromatic carbocycles. The summed E-state index contributed by atoms with van der Waals surface area (Å²) in [5, 5.41) is 14.9. The lowest BCUT2D eigenvalue weighted by atomic mass is 10.1. The molecule has 2 N–H and O–H groups in total. The predicted octanol–water partition coefficient (Wildman–Crippen LogP) is 5.40. The van der Waals surface area contributed by atoms with Crippen molar-refractivity contribution >= 4 is 34.3 Å². The number of halogens is 1. The molecular formula is C23H18FN3O3S. The van der Waals surface area contributed by atoms with E-state index in [1.54, 1.807) is 30.0 Å². The van der Waals surface area contributed by atoms with Crippen molar-refractivity contribution in [3.8, 4) is 11.3 Å². The van der Waals surface area contributed by atoms with Crippen molar-refractivity contribution in [3.05, 3.63) is 94.3 Å². The maximum atomic E-state index is 13.4. The number of hydrogen-bond acceptors (Lipinski definition) is 4. The summed E-state index contributed by atoms with van der Waals surface area (Å²) in [6, 6.07) is 20.0. The third-order valence-electron chi connectivity index (χ3n) is 4.77. The molecule has 0 aliphatic rings. The van der Waals surface area contributed by atoms with E-state index in [0.29, 0.717) is 12.3 Å². The van der Waals surface area contributed by atoms with Crippen LogP contribution in [0.2, 0.25) is 0 Å². The number of amides is 1. The van der Waals surface area contributed by atoms with Crippen molar-refractivity contribution < 1.29 is 14.1 Å². The average molecular weight is 435 g/mol. The van der Waals surface area contributed by atoms with E-state index < -0.39 is 10.8 Å². The van der Waals surface area contributed by atoms with Crippen LogP contribution in [0.1, 0.15) is 10.4 Å². The molecule has 0 spiro atoms. The van der Waals surface area contributed by atoms with Gasteiger partial charge in [-0.05, 0) is 42.0 Å². The Morgan fingerprint density at radius 1 is 1.03 bits per heavy atom. The summed E-state index contributed by atoms with van der Waals surface area (Å²) < 4.78 is 13.4. The molecule has 8 heteroatoms. The van der Waals surface area contributed by atoms with Gasteiger partial charge >= 0.3 is 0 Å². The number of rotatable bonds is 7. The van der Waals surface area contributed by atoms with Crippen molar-refractivity contribution in [3.63, 3.8) is 0 Å². The van der Waals surface area contributed by atoms with Crippen LogP contribution < -0.4 is 5.32 Å². The molecule has 0 radical (unpaired) electrons. The zero-order chi connectivity index (χ0) is 21.8. The highest BCUT2D eigenvalue weighted by Crippen LogP contribution is 2.37. The van der Waals surface area contributed by atoms with Crippen LogP contribution in [-0.4, -0.2) is 28.1 Å². The SMILES string of the molecule is O=C(NCCSc1c(-c2ccc(F)cc2)[nH]c2ccccc12)c1ccccc1[N+](=O)[O-]. The first kappa shape index (κ1) is 20.6. The topological polar surface area (TPSA) is 88.0 Å². The highest BCUT2D eigenvalue weighted by Gasteiger charge is 2.19. The predicted molar refractivity (Wildman–Crippen MR) is 120 cm³/mol. The zero-order valence-corrected chi connectivity index (χ0v) is 17.1. The van der Waals surface area contributed by atoms with E-state index in [1.807, 2.05) is 24.3 Å². The van der Waals surface area contributed by atoms with E-state index in [1.165, 1.54) is 30.3 Å². The molecule has 0 aliphatic carbocycles. The van der Waals surface area contributed by atoms with Crippen LogP contribution in [0.25, 0.3) is 22.2 Å². The van der Waals surface area contributed by atoms with Crippen molar-refractivity contribution in [1.29, 1.82) is 0 Å². The molecule has 6 nitrogen and oxygen atoms in total. The molecule has 0 atom stereocenters. The van der Waals surface area contributed by atoms with E-state index >= 15 is 0 Å². The summed E-state index contributed by atoms with van der Waals surface area (Å²) in [7, 11) is 0. The number of hydrogen-bond donors (Lipinski definition) is 2. The van der Waals surface area contributed by atoms with E-state index in [-0.39, 0.29) is 17.1 Å². The van der Waals surface area contributed by atoms with E-state index in [0.717, 1.165) is 27.1 Å². The van der Waals surface area contributed by atoms with Gasteiger partial charge in [-0.25, -0.2) is 4.39 Å². The Morgan fingerprint density at radius 2 is 1.74 bits per heavy atom. The van der Waals surface area contributed by atoms with Gasteiger partial charge in [0.05, 0.1) is 10.6 Å². The Balaban J connectivity index is 1.49. The average Bonchev–Trinajstić information content (AvgIpc) is 3.15. The van der Waals surface area contributed by atoms with Gasteiger partial charge in [0.1, 0.15) is 11.4 Å². The summed E-state index contributed by atoms with van der Waals surface area (Å²) in [6.07, 6.45) is 0. The number of nitro benzene ring substituents is 1. The monoisotopic (exact) mass is 435 g/mol. The van der Waals surface area contributed by atoms with Gasteiger partial charge in [0.2, 0.25) is 0 Å². The van der Waals surface area contributed by atoms with Crippen LogP contribution in [0.15, 0.2) is 77.7 Å². The second-order valence-electron chi connectivity index (χ2n) is 6.76. The molecule has 4 rings (SSSR count). The van der Waals surface area contributed by atoms with E-state index in [9.17, 15) is 19.3 Å². The maximum absolute atomic E-state index is 13.4. The molecule has 0 aliphatic heterocycles. The third-order valence-corrected chi connectivity index (χ3v) is 5.89. The van der Waals surface area contributed by atoms with Crippen molar-refractivity contribution in [2.75, 3.05) is 12.3 Å². The summed E-state index contributed by atoms with van der Waals surface area (Å²) >= 11 is 1.56. The van der Waals surface area contributed by atoms with Crippen LogP contribution in [0.4, 0.5) is 10.1 Å². The Hall–Kier alpha value is -3.65. The highest BCUT2D eigenvalue weighted by atomic mass is 32.2. The van der Waals surface area contributed by atoms with Gasteiger partial charge in [-0.3, -0.25) is 14.9 Å². The summed E-state index contributed by atoms with van der Waals surface area (Å²) in [4.78, 5) is 27.3. The number of carbonyl (C=O) groups excluding carboxylic acids is 1. The Kier molecular flexibility index (Phi) is 5.99. The molecule has 1 heterocycles. The standard InChI is InChI=1S/C23H18FN3O3S/c24-16-11-9-15(10-12-16)21-22(17-5-1-3-7-19(17)26-21)31-14-13-25-23(28)18-6-2-4-8-20(18)27(29)30/h1-12,26H,13-14H2,(H,25,28). The number of benzene rings is 3. The summed E-state index contributed by atoms with van der Waals surface area (Å²) in [6.45, 7) is 0.331. The number of nitrogens with zero attached hydrogens (tertiary/aromatic N) is 1. The smallest absolute Gasteiger partial charge is 0.282 e. The molecule has 4 aromatic rings. The minimum absolute atomic E-state index is 0.0385. The first-order valence-electron chi connectivity index (χ1n) is 9.55. The number of fused-ring (bicyclic) bond motifs is 1.